The first kappa shape index (κ1) is 19.1. The maximum Gasteiger partial charge on any atom is 0.240 e. The van der Waals surface area contributed by atoms with Gasteiger partial charge in [0.25, 0.3) is 0 Å². The Bertz CT molecular complexity index is 1310. The van der Waals surface area contributed by atoms with Crippen LogP contribution in [0.4, 0.5) is 0 Å². The third-order valence-corrected chi connectivity index (χ3v) is 5.66. The quantitative estimate of drug-likeness (QED) is 0.445. The fourth-order valence-electron chi connectivity index (χ4n) is 3.53. The Hall–Kier alpha value is -3.85. The van der Waals surface area contributed by atoms with Gasteiger partial charge in [-0.15, -0.1) is 11.3 Å². The highest BCUT2D eigenvalue weighted by Crippen LogP contribution is 2.25. The second-order valence-electron chi connectivity index (χ2n) is 7.10. The topological polar surface area (TPSA) is 90.5 Å². The van der Waals surface area contributed by atoms with E-state index in [1.165, 1.54) is 17.7 Å². The molecule has 5 aromatic rings. The standard InChI is InChI=1S/C22H19N7OS/c1-15(16-6-8-17(9-7-16)29-13-23-12-25-29)26-21(30)10-28-20-5-3-2-4-18(20)27-22(28)19-11-31-14-24-19/h2-9,11-15H,10H2,1H3,(H,26,30)/t15-/m0/s1. The largest absolute Gasteiger partial charge is 0.348 e. The van der Waals surface area contributed by atoms with E-state index in [0.29, 0.717) is 5.82 Å². The molecule has 3 heterocycles. The van der Waals surface area contributed by atoms with E-state index in [0.717, 1.165) is 28.0 Å². The van der Waals surface area contributed by atoms with Gasteiger partial charge in [0.1, 0.15) is 24.9 Å². The Labute approximate surface area is 182 Å². The number of rotatable bonds is 6. The van der Waals surface area contributed by atoms with Crippen LogP contribution in [0.1, 0.15) is 18.5 Å². The molecule has 0 spiro atoms. The molecule has 0 saturated heterocycles. The van der Waals surface area contributed by atoms with Crippen LogP contribution < -0.4 is 5.32 Å². The normalized spacial score (nSPS) is 12.2. The molecule has 1 amide bonds. The number of carbonyl (C=O) groups is 1. The van der Waals surface area contributed by atoms with E-state index in [1.807, 2.05) is 65.4 Å². The molecule has 1 atom stereocenters. The van der Waals surface area contributed by atoms with Gasteiger partial charge in [0.15, 0.2) is 5.82 Å². The Morgan fingerprint density at radius 1 is 1.16 bits per heavy atom. The number of hydrogen-bond acceptors (Lipinski definition) is 6. The molecule has 154 valence electrons. The molecule has 0 radical (unpaired) electrons. The van der Waals surface area contributed by atoms with Gasteiger partial charge >= 0.3 is 0 Å². The number of hydrogen-bond donors (Lipinski definition) is 1. The maximum absolute atomic E-state index is 12.9. The molecular formula is C22H19N7OS. The first-order valence-electron chi connectivity index (χ1n) is 9.77. The summed E-state index contributed by atoms with van der Waals surface area (Å²) in [7, 11) is 0. The lowest BCUT2D eigenvalue weighted by atomic mass is 10.1. The molecule has 5 rings (SSSR count). The van der Waals surface area contributed by atoms with E-state index in [9.17, 15) is 4.79 Å². The fourth-order valence-corrected chi connectivity index (χ4v) is 4.06. The highest BCUT2D eigenvalue weighted by Gasteiger charge is 2.17. The van der Waals surface area contributed by atoms with E-state index in [4.69, 9.17) is 4.98 Å². The number of aromatic nitrogens is 6. The van der Waals surface area contributed by atoms with Gasteiger partial charge in [-0.05, 0) is 36.8 Å². The summed E-state index contributed by atoms with van der Waals surface area (Å²) in [4.78, 5) is 25.9. The van der Waals surface area contributed by atoms with Crippen LogP contribution in [0.2, 0.25) is 0 Å². The van der Waals surface area contributed by atoms with Crippen molar-refractivity contribution in [3.05, 3.63) is 77.6 Å². The Kier molecular flexibility index (Phi) is 5.01. The number of para-hydroxylation sites is 2. The van der Waals surface area contributed by atoms with Crippen molar-refractivity contribution < 1.29 is 4.79 Å². The summed E-state index contributed by atoms with van der Waals surface area (Å²) in [5.41, 5.74) is 6.21. The zero-order chi connectivity index (χ0) is 21.2. The van der Waals surface area contributed by atoms with Crippen LogP contribution in [-0.2, 0) is 11.3 Å². The second kappa shape index (κ2) is 8.11. The lowest BCUT2D eigenvalue weighted by Gasteiger charge is -2.16. The van der Waals surface area contributed by atoms with Crippen molar-refractivity contribution >= 4 is 28.3 Å². The van der Waals surface area contributed by atoms with E-state index in [2.05, 4.69) is 20.4 Å². The molecule has 0 aliphatic heterocycles. The number of nitrogens with zero attached hydrogens (tertiary/aromatic N) is 6. The summed E-state index contributed by atoms with van der Waals surface area (Å²) in [5, 5.41) is 9.15. The molecule has 0 unspecified atom stereocenters. The maximum atomic E-state index is 12.9. The van der Waals surface area contributed by atoms with Crippen LogP contribution in [0, 0.1) is 0 Å². The third kappa shape index (κ3) is 3.82. The first-order chi connectivity index (χ1) is 15.2. The van der Waals surface area contributed by atoms with Crippen LogP contribution in [-0.4, -0.2) is 35.2 Å². The Morgan fingerprint density at radius 2 is 2.00 bits per heavy atom. The van der Waals surface area contributed by atoms with E-state index in [-0.39, 0.29) is 18.5 Å². The molecule has 0 aliphatic rings. The number of fused-ring (bicyclic) bond motifs is 1. The van der Waals surface area contributed by atoms with Crippen molar-refractivity contribution in [1.82, 2.24) is 34.6 Å². The van der Waals surface area contributed by atoms with E-state index < -0.39 is 0 Å². The van der Waals surface area contributed by atoms with Gasteiger partial charge in [-0.3, -0.25) is 4.79 Å². The Balaban J connectivity index is 1.35. The monoisotopic (exact) mass is 429 g/mol. The lowest BCUT2D eigenvalue weighted by molar-refractivity contribution is -0.122. The van der Waals surface area contributed by atoms with Crippen molar-refractivity contribution in [3.63, 3.8) is 0 Å². The summed E-state index contributed by atoms with van der Waals surface area (Å²) < 4.78 is 3.61. The van der Waals surface area contributed by atoms with Crippen molar-refractivity contribution in [2.24, 2.45) is 0 Å². The SMILES string of the molecule is C[C@H](NC(=O)Cn1c(-c2cscn2)nc2ccccc21)c1ccc(-n2cncn2)cc1. The molecule has 2 aromatic carbocycles. The summed E-state index contributed by atoms with van der Waals surface area (Å²) in [6, 6.07) is 15.5. The average Bonchev–Trinajstić information content (AvgIpc) is 3.55. The number of benzene rings is 2. The van der Waals surface area contributed by atoms with E-state index in [1.54, 1.807) is 16.5 Å². The van der Waals surface area contributed by atoms with Gasteiger partial charge in [-0.25, -0.2) is 19.6 Å². The molecule has 0 bridgehead atoms. The predicted molar refractivity (Wildman–Crippen MR) is 119 cm³/mol. The van der Waals surface area contributed by atoms with Gasteiger partial charge in [-0.2, -0.15) is 5.10 Å². The van der Waals surface area contributed by atoms with Crippen LogP contribution in [0.3, 0.4) is 0 Å². The number of carbonyl (C=O) groups excluding carboxylic acids is 1. The molecule has 3 aromatic heterocycles. The Morgan fingerprint density at radius 3 is 2.74 bits per heavy atom. The van der Waals surface area contributed by atoms with Gasteiger partial charge in [0, 0.05) is 5.38 Å². The molecule has 1 N–H and O–H groups in total. The molecule has 9 heteroatoms. The lowest BCUT2D eigenvalue weighted by Crippen LogP contribution is -2.30. The van der Waals surface area contributed by atoms with Crippen molar-refractivity contribution in [2.75, 3.05) is 0 Å². The smallest absolute Gasteiger partial charge is 0.240 e. The van der Waals surface area contributed by atoms with Crippen molar-refractivity contribution in [2.45, 2.75) is 19.5 Å². The number of nitrogens with one attached hydrogen (secondary N) is 1. The van der Waals surface area contributed by atoms with Gasteiger partial charge in [0.05, 0.1) is 28.3 Å². The number of amides is 1. The minimum Gasteiger partial charge on any atom is -0.348 e. The molecule has 0 saturated carbocycles. The molecule has 8 nitrogen and oxygen atoms in total. The van der Waals surface area contributed by atoms with Gasteiger partial charge in [-0.1, -0.05) is 24.3 Å². The molecule has 31 heavy (non-hydrogen) atoms. The first-order valence-corrected chi connectivity index (χ1v) is 10.7. The van der Waals surface area contributed by atoms with Crippen LogP contribution >= 0.6 is 11.3 Å². The summed E-state index contributed by atoms with van der Waals surface area (Å²) >= 11 is 1.50. The number of thiazole rings is 1. The number of imidazole rings is 1. The predicted octanol–water partition coefficient (Wildman–Crippen LogP) is 3.62. The zero-order valence-corrected chi connectivity index (χ0v) is 17.5. The minimum atomic E-state index is -0.144. The highest BCUT2D eigenvalue weighted by molar-refractivity contribution is 7.07. The highest BCUT2D eigenvalue weighted by atomic mass is 32.1. The van der Waals surface area contributed by atoms with Crippen molar-refractivity contribution in [3.8, 4) is 17.2 Å². The van der Waals surface area contributed by atoms with Crippen LogP contribution in [0.5, 0.6) is 0 Å². The summed E-state index contributed by atoms with van der Waals surface area (Å²) in [5.74, 6) is 0.606. The molecule has 0 aliphatic carbocycles. The summed E-state index contributed by atoms with van der Waals surface area (Å²) in [6.45, 7) is 2.13. The van der Waals surface area contributed by atoms with Gasteiger partial charge < -0.3 is 9.88 Å². The third-order valence-electron chi connectivity index (χ3n) is 5.07. The molecule has 0 fully saturated rings. The van der Waals surface area contributed by atoms with Gasteiger partial charge in [0.2, 0.25) is 5.91 Å². The molecular weight excluding hydrogens is 410 g/mol. The van der Waals surface area contributed by atoms with Crippen LogP contribution in [0.15, 0.2) is 72.1 Å². The van der Waals surface area contributed by atoms with Crippen molar-refractivity contribution in [1.29, 1.82) is 0 Å². The summed E-state index contributed by atoms with van der Waals surface area (Å²) in [6.07, 6.45) is 3.14. The average molecular weight is 430 g/mol. The van der Waals surface area contributed by atoms with E-state index >= 15 is 0 Å². The second-order valence-corrected chi connectivity index (χ2v) is 7.82. The fraction of sp³-hybridized carbons (Fsp3) is 0.136. The minimum absolute atomic E-state index is 0.0903. The van der Waals surface area contributed by atoms with Crippen LogP contribution in [0.25, 0.3) is 28.2 Å². The zero-order valence-electron chi connectivity index (χ0n) is 16.7.